The van der Waals surface area contributed by atoms with Crippen LogP contribution in [0.5, 0.6) is 0 Å². The van der Waals surface area contributed by atoms with Crippen LogP contribution in [0.25, 0.3) is 0 Å². The van der Waals surface area contributed by atoms with E-state index in [4.69, 9.17) is 4.74 Å². The molecule has 0 aliphatic carbocycles. The predicted octanol–water partition coefficient (Wildman–Crippen LogP) is 1.18. The van der Waals surface area contributed by atoms with E-state index in [0.717, 1.165) is 6.08 Å². The van der Waals surface area contributed by atoms with Crippen molar-refractivity contribution >= 4 is 29.3 Å². The molecule has 128 valence electrons. The lowest BCUT2D eigenvalue weighted by Gasteiger charge is -2.27. The van der Waals surface area contributed by atoms with Gasteiger partial charge in [0.05, 0.1) is 5.41 Å². The second kappa shape index (κ2) is 9.66. The zero-order chi connectivity index (χ0) is 18.0. The second-order valence-electron chi connectivity index (χ2n) is 5.17. The maximum Gasteiger partial charge on any atom is 0.330 e. The molecule has 0 aromatic rings. The van der Waals surface area contributed by atoms with Crippen molar-refractivity contribution in [3.05, 3.63) is 12.7 Å². The first-order chi connectivity index (χ1) is 10.7. The summed E-state index contributed by atoms with van der Waals surface area (Å²) in [5.41, 5.74) is -1.49. The van der Waals surface area contributed by atoms with Crippen molar-refractivity contribution in [2.75, 3.05) is 13.2 Å². The summed E-state index contributed by atoms with van der Waals surface area (Å²) < 4.78 is 9.47. The Hall–Kier alpha value is -2.31. The molecular formula is C16H22O7. The Morgan fingerprint density at radius 3 is 1.91 bits per heavy atom. The zero-order valence-electron chi connectivity index (χ0n) is 13.7. The van der Waals surface area contributed by atoms with Crippen molar-refractivity contribution in [1.82, 2.24) is 0 Å². The zero-order valence-corrected chi connectivity index (χ0v) is 13.7. The van der Waals surface area contributed by atoms with Gasteiger partial charge >= 0.3 is 11.9 Å². The number of carbonyl (C=O) groups excluding carboxylic acids is 5. The molecular weight excluding hydrogens is 304 g/mol. The van der Waals surface area contributed by atoms with Crippen LogP contribution in [-0.2, 0) is 33.4 Å². The number of hydrogen-bond acceptors (Lipinski definition) is 7. The second-order valence-corrected chi connectivity index (χ2v) is 5.17. The summed E-state index contributed by atoms with van der Waals surface area (Å²) in [5.74, 6) is -2.48. The van der Waals surface area contributed by atoms with E-state index in [1.165, 1.54) is 20.8 Å². The molecule has 0 aromatic carbocycles. The summed E-state index contributed by atoms with van der Waals surface area (Å²) >= 11 is 0. The van der Waals surface area contributed by atoms with E-state index in [-0.39, 0.29) is 38.3 Å². The largest absolute Gasteiger partial charge is 0.462 e. The highest BCUT2D eigenvalue weighted by Crippen LogP contribution is 2.31. The van der Waals surface area contributed by atoms with Gasteiger partial charge in [0.25, 0.3) is 0 Å². The molecule has 0 atom stereocenters. The van der Waals surface area contributed by atoms with E-state index in [9.17, 15) is 24.0 Å². The first kappa shape index (κ1) is 20.7. The van der Waals surface area contributed by atoms with Gasteiger partial charge in [-0.05, 0) is 27.2 Å². The summed E-state index contributed by atoms with van der Waals surface area (Å²) in [5, 5.41) is 0. The van der Waals surface area contributed by atoms with Crippen molar-refractivity contribution in [3.8, 4) is 0 Å². The lowest BCUT2D eigenvalue weighted by atomic mass is 9.72. The van der Waals surface area contributed by atoms with Crippen LogP contribution in [0.1, 0.15) is 40.0 Å². The summed E-state index contributed by atoms with van der Waals surface area (Å²) in [7, 11) is 0. The molecule has 0 bridgehead atoms. The van der Waals surface area contributed by atoms with E-state index >= 15 is 0 Å². The summed E-state index contributed by atoms with van der Waals surface area (Å²) in [6, 6.07) is 0. The Morgan fingerprint density at radius 2 is 1.48 bits per heavy atom. The van der Waals surface area contributed by atoms with Gasteiger partial charge in [-0.3, -0.25) is 19.2 Å². The normalized spacial score (nSPS) is 10.6. The molecule has 0 heterocycles. The minimum atomic E-state index is -1.49. The Balaban J connectivity index is 4.56. The summed E-state index contributed by atoms with van der Waals surface area (Å²) in [4.78, 5) is 57.4. The van der Waals surface area contributed by atoms with Crippen LogP contribution >= 0.6 is 0 Å². The SMILES string of the molecule is C=CC(=O)OCCOC(=O)CCC(CC(C)=O)(C(C)=O)C(C)=O. The number of ether oxygens (including phenoxy) is 2. The van der Waals surface area contributed by atoms with Crippen LogP contribution in [0.4, 0.5) is 0 Å². The third kappa shape index (κ3) is 6.99. The van der Waals surface area contributed by atoms with Gasteiger partial charge in [0.1, 0.15) is 30.6 Å². The molecule has 7 nitrogen and oxygen atoms in total. The van der Waals surface area contributed by atoms with Gasteiger partial charge in [-0.25, -0.2) is 4.79 Å². The van der Waals surface area contributed by atoms with Crippen molar-refractivity contribution in [3.63, 3.8) is 0 Å². The maximum absolute atomic E-state index is 11.8. The lowest BCUT2D eigenvalue weighted by molar-refractivity contribution is -0.151. The van der Waals surface area contributed by atoms with Crippen LogP contribution in [0, 0.1) is 5.41 Å². The molecule has 0 fully saturated rings. The number of hydrogen-bond donors (Lipinski definition) is 0. The fourth-order valence-corrected chi connectivity index (χ4v) is 2.11. The van der Waals surface area contributed by atoms with Gasteiger partial charge < -0.3 is 9.47 Å². The number of rotatable bonds is 11. The van der Waals surface area contributed by atoms with Gasteiger partial charge in [0.2, 0.25) is 0 Å². The molecule has 0 rings (SSSR count). The first-order valence-electron chi connectivity index (χ1n) is 7.12. The first-order valence-corrected chi connectivity index (χ1v) is 7.12. The monoisotopic (exact) mass is 326 g/mol. The Bertz CT molecular complexity index is 491. The number of Topliss-reactive ketones (excluding diaryl/α,β-unsaturated/α-hetero) is 3. The Kier molecular flexibility index (Phi) is 8.69. The van der Waals surface area contributed by atoms with Gasteiger partial charge in [0.15, 0.2) is 0 Å². The molecule has 0 aliphatic heterocycles. The topological polar surface area (TPSA) is 104 Å². The number of esters is 2. The van der Waals surface area contributed by atoms with E-state index < -0.39 is 28.9 Å². The smallest absolute Gasteiger partial charge is 0.330 e. The molecule has 7 heteroatoms. The van der Waals surface area contributed by atoms with Gasteiger partial charge in [-0.15, -0.1) is 0 Å². The molecule has 0 N–H and O–H groups in total. The van der Waals surface area contributed by atoms with Crippen molar-refractivity contribution < 1.29 is 33.4 Å². The quantitative estimate of drug-likeness (QED) is 0.243. The molecule has 0 radical (unpaired) electrons. The highest BCUT2D eigenvalue weighted by atomic mass is 16.6. The minimum Gasteiger partial charge on any atom is -0.462 e. The Labute approximate surface area is 135 Å². The van der Waals surface area contributed by atoms with Crippen LogP contribution in [0.2, 0.25) is 0 Å². The minimum absolute atomic E-state index is 0.0947. The molecule has 0 spiro atoms. The fraction of sp³-hybridized carbons (Fsp3) is 0.562. The summed E-state index contributed by atoms with van der Waals surface area (Å²) in [6.07, 6.45) is 0.462. The average molecular weight is 326 g/mol. The van der Waals surface area contributed by atoms with Gasteiger partial charge in [-0.2, -0.15) is 0 Å². The molecule has 0 unspecified atom stereocenters. The molecule has 0 aromatic heterocycles. The van der Waals surface area contributed by atoms with Crippen molar-refractivity contribution in [1.29, 1.82) is 0 Å². The van der Waals surface area contributed by atoms with E-state index in [2.05, 4.69) is 11.3 Å². The highest BCUT2D eigenvalue weighted by Gasteiger charge is 2.41. The average Bonchev–Trinajstić information content (AvgIpc) is 2.46. The summed E-state index contributed by atoms with van der Waals surface area (Å²) in [6.45, 7) is 6.69. The lowest BCUT2D eigenvalue weighted by Crippen LogP contribution is -2.39. The maximum atomic E-state index is 11.8. The highest BCUT2D eigenvalue weighted by molar-refractivity contribution is 6.08. The van der Waals surface area contributed by atoms with Crippen LogP contribution in [0.15, 0.2) is 12.7 Å². The van der Waals surface area contributed by atoms with E-state index in [0.29, 0.717) is 0 Å². The van der Waals surface area contributed by atoms with Crippen molar-refractivity contribution in [2.24, 2.45) is 5.41 Å². The molecule has 23 heavy (non-hydrogen) atoms. The van der Waals surface area contributed by atoms with Crippen LogP contribution in [-0.4, -0.2) is 42.5 Å². The van der Waals surface area contributed by atoms with Crippen LogP contribution in [0.3, 0.4) is 0 Å². The molecule has 0 saturated carbocycles. The Morgan fingerprint density at radius 1 is 0.957 bits per heavy atom. The fourth-order valence-electron chi connectivity index (χ4n) is 2.11. The molecule has 0 amide bonds. The standard InChI is InChI=1S/C16H22O7/c1-5-14(20)22-8-9-23-15(21)6-7-16(12(3)18,13(4)19)10-11(2)17/h5H,1,6-10H2,2-4H3. The molecule has 0 saturated heterocycles. The van der Waals surface area contributed by atoms with Crippen molar-refractivity contribution in [2.45, 2.75) is 40.0 Å². The van der Waals surface area contributed by atoms with Gasteiger partial charge in [-0.1, -0.05) is 6.58 Å². The van der Waals surface area contributed by atoms with E-state index in [1.54, 1.807) is 0 Å². The van der Waals surface area contributed by atoms with Gasteiger partial charge in [0, 0.05) is 18.9 Å². The number of carbonyl (C=O) groups is 5. The molecule has 0 aliphatic rings. The van der Waals surface area contributed by atoms with E-state index in [1.807, 2.05) is 0 Å². The number of ketones is 3. The van der Waals surface area contributed by atoms with Crippen LogP contribution < -0.4 is 0 Å². The third-order valence-electron chi connectivity index (χ3n) is 3.41. The third-order valence-corrected chi connectivity index (χ3v) is 3.41. The predicted molar refractivity (Wildman–Crippen MR) is 80.4 cm³/mol.